The molecule has 104 valence electrons. The van der Waals surface area contributed by atoms with Crippen molar-refractivity contribution in [1.82, 2.24) is 0 Å². The molecule has 0 aliphatic carbocycles. The van der Waals surface area contributed by atoms with Crippen molar-refractivity contribution >= 4 is 22.9 Å². The lowest BCUT2D eigenvalue weighted by Crippen LogP contribution is -2.11. The van der Waals surface area contributed by atoms with E-state index < -0.39 is 0 Å². The highest BCUT2D eigenvalue weighted by Crippen LogP contribution is 2.17. The number of nitrogens with two attached hydrogens (primary N) is 1. The van der Waals surface area contributed by atoms with E-state index in [4.69, 9.17) is 18.0 Å². The Morgan fingerprint density at radius 2 is 1.85 bits per heavy atom. The quantitative estimate of drug-likeness (QED) is 0.820. The van der Waals surface area contributed by atoms with E-state index in [1.165, 1.54) is 11.1 Å². The normalized spacial score (nSPS) is 10.3. The zero-order valence-electron chi connectivity index (χ0n) is 11.9. The number of hydrogen-bond acceptors (Lipinski definition) is 2. The van der Waals surface area contributed by atoms with Crippen molar-refractivity contribution < 1.29 is 0 Å². The Morgan fingerprint density at radius 3 is 2.45 bits per heavy atom. The molecule has 0 heterocycles. The first kappa shape index (κ1) is 14.5. The lowest BCUT2D eigenvalue weighted by molar-refractivity contribution is 1.04. The predicted molar refractivity (Wildman–Crippen MR) is 90.2 cm³/mol. The van der Waals surface area contributed by atoms with Crippen molar-refractivity contribution in [3.63, 3.8) is 0 Å². The summed E-state index contributed by atoms with van der Waals surface area (Å²) >= 11 is 5.02. The number of hydrogen-bond donors (Lipinski definition) is 2. The molecular weight excluding hydrogens is 264 g/mol. The number of aryl methyl sites for hydroxylation is 2. The zero-order chi connectivity index (χ0) is 14.5. The van der Waals surface area contributed by atoms with E-state index in [1.807, 2.05) is 19.1 Å². The zero-order valence-corrected chi connectivity index (χ0v) is 12.8. The molecule has 0 aliphatic heterocycles. The van der Waals surface area contributed by atoms with Crippen molar-refractivity contribution in [2.45, 2.75) is 26.8 Å². The van der Waals surface area contributed by atoms with Crippen LogP contribution >= 0.6 is 12.2 Å². The lowest BCUT2D eigenvalue weighted by Gasteiger charge is -2.12. The van der Waals surface area contributed by atoms with Crippen LogP contribution in [0.4, 0.5) is 5.69 Å². The second-order valence-electron chi connectivity index (χ2n) is 4.87. The molecule has 2 aromatic carbocycles. The number of thiocarbonyl (C=S) groups is 1. The minimum atomic E-state index is 0.449. The van der Waals surface area contributed by atoms with E-state index in [0.29, 0.717) is 4.99 Å². The Balaban J connectivity index is 2.11. The van der Waals surface area contributed by atoms with E-state index in [-0.39, 0.29) is 0 Å². The summed E-state index contributed by atoms with van der Waals surface area (Å²) in [5, 5.41) is 3.46. The molecule has 0 saturated carbocycles. The van der Waals surface area contributed by atoms with Gasteiger partial charge in [0.2, 0.25) is 0 Å². The average Bonchev–Trinajstić information content (AvgIpc) is 2.45. The standard InChI is InChI=1S/C17H20N2S/c1-3-13-6-4-5-7-14(13)11-19-15-8-9-16(17(18)20)12(2)10-15/h4-10,19H,3,11H2,1-2H3,(H2,18,20). The minimum Gasteiger partial charge on any atom is -0.389 e. The maximum absolute atomic E-state index is 5.68. The molecule has 2 nitrogen and oxygen atoms in total. The summed E-state index contributed by atoms with van der Waals surface area (Å²) in [5.74, 6) is 0. The monoisotopic (exact) mass is 284 g/mol. The van der Waals surface area contributed by atoms with Crippen LogP contribution in [0.15, 0.2) is 42.5 Å². The number of anilines is 1. The smallest absolute Gasteiger partial charge is 0.104 e. The molecule has 0 saturated heterocycles. The van der Waals surface area contributed by atoms with Crippen LogP contribution in [-0.2, 0) is 13.0 Å². The van der Waals surface area contributed by atoms with Gasteiger partial charge in [0, 0.05) is 17.8 Å². The van der Waals surface area contributed by atoms with Crippen molar-refractivity contribution in [2.75, 3.05) is 5.32 Å². The highest BCUT2D eigenvalue weighted by Gasteiger charge is 2.03. The number of nitrogens with one attached hydrogen (secondary N) is 1. The average molecular weight is 284 g/mol. The topological polar surface area (TPSA) is 38.0 Å². The largest absolute Gasteiger partial charge is 0.389 e. The molecule has 0 atom stereocenters. The SMILES string of the molecule is CCc1ccccc1CNc1ccc(C(N)=S)c(C)c1. The van der Waals surface area contributed by atoms with E-state index in [9.17, 15) is 0 Å². The van der Waals surface area contributed by atoms with Crippen LogP contribution in [0.1, 0.15) is 29.2 Å². The summed E-state index contributed by atoms with van der Waals surface area (Å²) in [6.45, 7) is 5.04. The molecule has 20 heavy (non-hydrogen) atoms. The van der Waals surface area contributed by atoms with Crippen LogP contribution in [0, 0.1) is 6.92 Å². The highest BCUT2D eigenvalue weighted by atomic mass is 32.1. The fourth-order valence-electron chi connectivity index (χ4n) is 2.32. The summed E-state index contributed by atoms with van der Waals surface area (Å²) in [6.07, 6.45) is 1.05. The van der Waals surface area contributed by atoms with Crippen molar-refractivity contribution in [2.24, 2.45) is 5.73 Å². The second kappa shape index (κ2) is 6.53. The Bertz CT molecular complexity index is 620. The predicted octanol–water partition coefficient (Wildman–Crippen LogP) is 3.80. The highest BCUT2D eigenvalue weighted by molar-refractivity contribution is 7.80. The van der Waals surface area contributed by atoms with Gasteiger partial charge < -0.3 is 11.1 Å². The van der Waals surface area contributed by atoms with Gasteiger partial charge >= 0.3 is 0 Å². The molecule has 0 aromatic heterocycles. The fraction of sp³-hybridized carbons (Fsp3) is 0.235. The molecule has 3 heteroatoms. The molecule has 0 bridgehead atoms. The minimum absolute atomic E-state index is 0.449. The van der Waals surface area contributed by atoms with Gasteiger partial charge in [0.05, 0.1) is 0 Å². The van der Waals surface area contributed by atoms with Crippen molar-refractivity contribution in [1.29, 1.82) is 0 Å². The van der Waals surface area contributed by atoms with Crippen LogP contribution < -0.4 is 11.1 Å². The van der Waals surface area contributed by atoms with E-state index in [2.05, 4.69) is 42.6 Å². The van der Waals surface area contributed by atoms with Crippen LogP contribution in [0.25, 0.3) is 0 Å². The van der Waals surface area contributed by atoms with Crippen molar-refractivity contribution in [3.8, 4) is 0 Å². The molecular formula is C17H20N2S. The van der Waals surface area contributed by atoms with E-state index in [1.54, 1.807) is 0 Å². The molecule has 0 unspecified atom stereocenters. The maximum Gasteiger partial charge on any atom is 0.104 e. The first-order valence-electron chi connectivity index (χ1n) is 6.83. The Morgan fingerprint density at radius 1 is 1.15 bits per heavy atom. The van der Waals surface area contributed by atoms with Gasteiger partial charge in [-0.2, -0.15) is 0 Å². The van der Waals surface area contributed by atoms with E-state index in [0.717, 1.165) is 29.8 Å². The third kappa shape index (κ3) is 3.36. The molecule has 0 spiro atoms. The van der Waals surface area contributed by atoms with Gasteiger partial charge in [0.1, 0.15) is 4.99 Å². The fourth-order valence-corrected chi connectivity index (χ4v) is 2.55. The summed E-state index contributed by atoms with van der Waals surface area (Å²) in [6, 6.07) is 14.6. The summed E-state index contributed by atoms with van der Waals surface area (Å²) in [4.78, 5) is 0.449. The second-order valence-corrected chi connectivity index (χ2v) is 5.31. The van der Waals surface area contributed by atoms with Crippen LogP contribution in [0.5, 0.6) is 0 Å². The van der Waals surface area contributed by atoms with Gasteiger partial charge in [-0.15, -0.1) is 0 Å². The first-order chi connectivity index (χ1) is 9.61. The molecule has 2 rings (SSSR count). The Labute approximate surface area is 126 Å². The molecule has 0 amide bonds. The van der Waals surface area contributed by atoms with Crippen LogP contribution in [0.2, 0.25) is 0 Å². The molecule has 3 N–H and O–H groups in total. The molecule has 0 fully saturated rings. The van der Waals surface area contributed by atoms with Crippen LogP contribution in [0.3, 0.4) is 0 Å². The van der Waals surface area contributed by atoms with E-state index >= 15 is 0 Å². The van der Waals surface area contributed by atoms with Gasteiger partial charge in [-0.1, -0.05) is 43.4 Å². The Kier molecular flexibility index (Phi) is 4.74. The molecule has 2 aromatic rings. The van der Waals surface area contributed by atoms with Crippen LogP contribution in [-0.4, -0.2) is 4.99 Å². The summed E-state index contributed by atoms with van der Waals surface area (Å²) in [7, 11) is 0. The van der Waals surface area contributed by atoms with Gasteiger partial charge in [-0.05, 0) is 48.2 Å². The third-order valence-electron chi connectivity index (χ3n) is 3.47. The Hall–Kier alpha value is -1.87. The number of rotatable bonds is 5. The lowest BCUT2D eigenvalue weighted by atomic mass is 10.0. The maximum atomic E-state index is 5.68. The van der Waals surface area contributed by atoms with Gasteiger partial charge in [0.25, 0.3) is 0 Å². The van der Waals surface area contributed by atoms with Gasteiger partial charge in [-0.25, -0.2) is 0 Å². The van der Waals surface area contributed by atoms with Gasteiger partial charge in [0.15, 0.2) is 0 Å². The van der Waals surface area contributed by atoms with Crippen molar-refractivity contribution in [3.05, 3.63) is 64.7 Å². The summed E-state index contributed by atoms with van der Waals surface area (Å²) in [5.41, 5.74) is 11.5. The first-order valence-corrected chi connectivity index (χ1v) is 7.23. The number of benzene rings is 2. The molecule has 0 radical (unpaired) electrons. The van der Waals surface area contributed by atoms with Gasteiger partial charge in [-0.3, -0.25) is 0 Å². The third-order valence-corrected chi connectivity index (χ3v) is 3.69. The molecule has 0 aliphatic rings. The summed E-state index contributed by atoms with van der Waals surface area (Å²) < 4.78 is 0.